The third kappa shape index (κ3) is 3.36. The van der Waals surface area contributed by atoms with Crippen LogP contribution in [0.4, 0.5) is 5.95 Å². The van der Waals surface area contributed by atoms with Crippen LogP contribution in [0.1, 0.15) is 29.2 Å². The van der Waals surface area contributed by atoms with Crippen LogP contribution in [0.5, 0.6) is 0 Å². The van der Waals surface area contributed by atoms with Crippen molar-refractivity contribution in [3.05, 3.63) is 82.9 Å². The zero-order valence-electron chi connectivity index (χ0n) is 14.3. The molecule has 6 heteroatoms. The summed E-state index contributed by atoms with van der Waals surface area (Å²) in [6.45, 7) is 1.96. The highest BCUT2D eigenvalue weighted by Crippen LogP contribution is 2.28. The van der Waals surface area contributed by atoms with Crippen LogP contribution < -0.4 is 5.32 Å². The Labute approximate surface area is 155 Å². The van der Waals surface area contributed by atoms with Gasteiger partial charge < -0.3 is 0 Å². The first-order valence-electron chi connectivity index (χ1n) is 8.41. The van der Waals surface area contributed by atoms with Crippen LogP contribution in [0.3, 0.4) is 0 Å². The highest BCUT2D eigenvalue weighted by Gasteiger charge is 2.19. The van der Waals surface area contributed by atoms with E-state index < -0.39 is 0 Å². The van der Waals surface area contributed by atoms with Gasteiger partial charge in [-0.15, -0.1) is 16.4 Å². The normalized spacial score (nSPS) is 11.2. The fourth-order valence-electron chi connectivity index (χ4n) is 3.00. The van der Waals surface area contributed by atoms with Gasteiger partial charge >= 0.3 is 0 Å². The Kier molecular flexibility index (Phi) is 4.50. The van der Waals surface area contributed by atoms with Gasteiger partial charge in [0.15, 0.2) is 0 Å². The second kappa shape index (κ2) is 7.09. The predicted molar refractivity (Wildman–Crippen MR) is 104 cm³/mol. The number of aryl methyl sites for hydroxylation is 1. The van der Waals surface area contributed by atoms with Gasteiger partial charge in [-0.1, -0.05) is 60.7 Å². The SMILES string of the molecule is Cc1csc2nc(NC(=O)CC(c3ccccc3)c3ccccc3)nn12. The zero-order valence-corrected chi connectivity index (χ0v) is 15.1. The lowest BCUT2D eigenvalue weighted by Crippen LogP contribution is -2.17. The Hall–Kier alpha value is -2.99. The molecule has 0 saturated carbocycles. The van der Waals surface area contributed by atoms with Crippen LogP contribution in [-0.2, 0) is 4.79 Å². The fourth-order valence-corrected chi connectivity index (χ4v) is 3.80. The molecule has 0 aliphatic carbocycles. The van der Waals surface area contributed by atoms with Gasteiger partial charge in [0.2, 0.25) is 16.8 Å². The maximum absolute atomic E-state index is 12.7. The van der Waals surface area contributed by atoms with E-state index in [0.717, 1.165) is 21.8 Å². The molecule has 0 saturated heterocycles. The second-order valence-electron chi connectivity index (χ2n) is 6.13. The van der Waals surface area contributed by atoms with Gasteiger partial charge in [-0.05, 0) is 18.1 Å². The number of thiazole rings is 1. The monoisotopic (exact) mass is 362 g/mol. The summed E-state index contributed by atoms with van der Waals surface area (Å²) in [6, 6.07) is 20.2. The predicted octanol–water partition coefficient (Wildman–Crippen LogP) is 4.26. The molecule has 1 N–H and O–H groups in total. The van der Waals surface area contributed by atoms with Gasteiger partial charge in [-0.25, -0.2) is 4.52 Å². The van der Waals surface area contributed by atoms with E-state index in [-0.39, 0.29) is 11.8 Å². The lowest BCUT2D eigenvalue weighted by Gasteiger charge is -2.17. The van der Waals surface area contributed by atoms with Crippen LogP contribution >= 0.6 is 11.3 Å². The second-order valence-corrected chi connectivity index (χ2v) is 6.97. The average Bonchev–Trinajstić information content (AvgIpc) is 3.22. The first kappa shape index (κ1) is 16.5. The van der Waals surface area contributed by atoms with E-state index in [0.29, 0.717) is 12.4 Å². The van der Waals surface area contributed by atoms with E-state index in [1.165, 1.54) is 11.3 Å². The Bertz CT molecular complexity index is 984. The molecule has 0 aliphatic heterocycles. The first-order valence-corrected chi connectivity index (χ1v) is 9.29. The third-order valence-electron chi connectivity index (χ3n) is 4.29. The Balaban J connectivity index is 1.56. The smallest absolute Gasteiger partial charge is 0.250 e. The van der Waals surface area contributed by atoms with Crippen molar-refractivity contribution >= 4 is 28.2 Å². The fraction of sp³-hybridized carbons (Fsp3) is 0.150. The number of nitrogens with one attached hydrogen (secondary N) is 1. The number of nitrogens with zero attached hydrogens (tertiary/aromatic N) is 3. The number of anilines is 1. The average molecular weight is 362 g/mol. The van der Waals surface area contributed by atoms with Gasteiger partial charge in [0.05, 0.1) is 5.69 Å². The van der Waals surface area contributed by atoms with Gasteiger partial charge in [0.25, 0.3) is 0 Å². The van der Waals surface area contributed by atoms with Crippen molar-refractivity contribution in [3.8, 4) is 0 Å². The first-order chi connectivity index (χ1) is 12.7. The summed E-state index contributed by atoms with van der Waals surface area (Å²) in [6.07, 6.45) is 0.333. The summed E-state index contributed by atoms with van der Waals surface area (Å²) in [5.74, 6) is 0.242. The summed E-state index contributed by atoms with van der Waals surface area (Å²) in [7, 11) is 0. The highest BCUT2D eigenvalue weighted by atomic mass is 32.1. The largest absolute Gasteiger partial charge is 0.293 e. The molecule has 130 valence electrons. The lowest BCUT2D eigenvalue weighted by atomic mass is 9.88. The number of rotatable bonds is 5. The molecule has 1 amide bonds. The number of amides is 1. The van der Waals surface area contributed by atoms with Gasteiger partial charge in [0.1, 0.15) is 0 Å². The molecule has 4 rings (SSSR count). The quantitative estimate of drug-likeness (QED) is 0.577. The molecule has 0 fully saturated rings. The topological polar surface area (TPSA) is 59.3 Å². The highest BCUT2D eigenvalue weighted by molar-refractivity contribution is 7.15. The van der Waals surface area contributed by atoms with Crippen LogP contribution in [-0.4, -0.2) is 20.5 Å². The van der Waals surface area contributed by atoms with E-state index in [4.69, 9.17) is 0 Å². The number of hydrogen-bond acceptors (Lipinski definition) is 4. The van der Waals surface area contributed by atoms with Gasteiger partial charge in [0, 0.05) is 17.7 Å². The molecule has 0 radical (unpaired) electrons. The maximum Gasteiger partial charge on any atom is 0.250 e. The van der Waals surface area contributed by atoms with Crippen molar-refractivity contribution in [2.45, 2.75) is 19.3 Å². The molecule has 26 heavy (non-hydrogen) atoms. The number of carbonyl (C=O) groups is 1. The number of aromatic nitrogens is 3. The number of fused-ring (bicyclic) bond motifs is 1. The summed E-state index contributed by atoms with van der Waals surface area (Å²) in [5, 5.41) is 9.18. The molecular formula is C20H18N4OS. The Morgan fingerprint density at radius 3 is 2.27 bits per heavy atom. The van der Waals surface area contributed by atoms with Crippen molar-refractivity contribution in [2.75, 3.05) is 5.32 Å². The van der Waals surface area contributed by atoms with Crippen LogP contribution in [0, 0.1) is 6.92 Å². The van der Waals surface area contributed by atoms with E-state index >= 15 is 0 Å². The molecule has 0 unspecified atom stereocenters. The summed E-state index contributed by atoms with van der Waals surface area (Å²) >= 11 is 1.51. The molecule has 4 aromatic rings. The summed E-state index contributed by atoms with van der Waals surface area (Å²) in [5.41, 5.74) is 3.23. The Morgan fingerprint density at radius 2 is 1.69 bits per heavy atom. The minimum Gasteiger partial charge on any atom is -0.293 e. The standard InChI is InChI=1S/C20H18N4OS/c1-14-13-26-20-22-19(23-24(14)20)21-18(25)12-17(15-8-4-2-5-9-15)16-10-6-3-7-11-16/h2-11,13,17H,12H2,1H3,(H,21,23,25). The van der Waals surface area contributed by atoms with Crippen molar-refractivity contribution in [2.24, 2.45) is 0 Å². The Morgan fingerprint density at radius 1 is 1.08 bits per heavy atom. The molecule has 2 aromatic heterocycles. The number of benzene rings is 2. The minimum absolute atomic E-state index is 0.0112. The lowest BCUT2D eigenvalue weighted by molar-refractivity contribution is -0.116. The minimum atomic E-state index is -0.0985. The number of hydrogen-bond donors (Lipinski definition) is 1. The van der Waals surface area contributed by atoms with E-state index in [9.17, 15) is 4.79 Å². The molecule has 5 nitrogen and oxygen atoms in total. The van der Waals surface area contributed by atoms with E-state index in [1.54, 1.807) is 4.52 Å². The molecular weight excluding hydrogens is 344 g/mol. The molecule has 0 atom stereocenters. The van der Waals surface area contributed by atoms with Crippen molar-refractivity contribution in [1.29, 1.82) is 0 Å². The van der Waals surface area contributed by atoms with Crippen LogP contribution in [0.15, 0.2) is 66.0 Å². The molecule has 0 aliphatic rings. The van der Waals surface area contributed by atoms with Crippen LogP contribution in [0.25, 0.3) is 4.96 Å². The third-order valence-corrected chi connectivity index (χ3v) is 5.23. The maximum atomic E-state index is 12.7. The van der Waals surface area contributed by atoms with E-state index in [2.05, 4.69) is 39.7 Å². The van der Waals surface area contributed by atoms with Crippen molar-refractivity contribution in [1.82, 2.24) is 14.6 Å². The zero-order chi connectivity index (χ0) is 17.9. The van der Waals surface area contributed by atoms with Gasteiger partial charge in [-0.3, -0.25) is 10.1 Å². The molecule has 0 bridgehead atoms. The number of carbonyl (C=O) groups excluding carboxylic acids is 1. The molecule has 0 spiro atoms. The molecule has 2 heterocycles. The summed E-state index contributed by atoms with van der Waals surface area (Å²) in [4.78, 5) is 17.8. The summed E-state index contributed by atoms with van der Waals surface area (Å²) < 4.78 is 1.74. The van der Waals surface area contributed by atoms with E-state index in [1.807, 2.05) is 48.7 Å². The molecule has 2 aromatic carbocycles. The van der Waals surface area contributed by atoms with Gasteiger partial charge in [-0.2, -0.15) is 4.98 Å². The van der Waals surface area contributed by atoms with Crippen molar-refractivity contribution in [3.63, 3.8) is 0 Å². The van der Waals surface area contributed by atoms with Crippen molar-refractivity contribution < 1.29 is 4.79 Å². The van der Waals surface area contributed by atoms with Crippen LogP contribution in [0.2, 0.25) is 0 Å².